The Morgan fingerprint density at radius 1 is 0.963 bits per heavy atom. The van der Waals surface area contributed by atoms with Crippen LogP contribution >= 0.6 is 0 Å². The Labute approximate surface area is 161 Å². The van der Waals surface area contributed by atoms with Gasteiger partial charge in [-0.05, 0) is 56.9 Å². The summed E-state index contributed by atoms with van der Waals surface area (Å²) in [5.74, 6) is -0.0591. The minimum atomic E-state index is -0.176. The van der Waals surface area contributed by atoms with Crippen molar-refractivity contribution >= 4 is 11.8 Å². The second-order valence-electron chi connectivity index (χ2n) is 8.44. The second-order valence-corrected chi connectivity index (χ2v) is 8.44. The standard InChI is InChI=1S/C21H32N4O2/c26-20(22-14-19-17-10-2-1-3-11-18(17)23-24-19)15-8-4-5-9-16(15)21(27)25-12-6-7-13-25/h15-16H,1-14H2,(H,22,26)(H,23,24)/t15-,16+/m0/s1. The van der Waals surface area contributed by atoms with Gasteiger partial charge in [-0.1, -0.05) is 19.3 Å². The molecule has 1 aromatic heterocycles. The molecule has 2 amide bonds. The van der Waals surface area contributed by atoms with Gasteiger partial charge in [-0.3, -0.25) is 14.7 Å². The number of likely N-dealkylation sites (tertiary alicyclic amines) is 1. The van der Waals surface area contributed by atoms with E-state index < -0.39 is 0 Å². The third-order valence-electron chi connectivity index (χ3n) is 6.66. The molecule has 27 heavy (non-hydrogen) atoms. The lowest BCUT2D eigenvalue weighted by molar-refractivity contribution is -0.142. The number of hydrogen-bond acceptors (Lipinski definition) is 3. The molecule has 1 saturated carbocycles. The number of nitrogens with one attached hydrogen (secondary N) is 2. The zero-order valence-corrected chi connectivity index (χ0v) is 16.3. The van der Waals surface area contributed by atoms with Gasteiger partial charge in [-0.15, -0.1) is 0 Å². The first-order chi connectivity index (χ1) is 13.2. The van der Waals surface area contributed by atoms with Crippen molar-refractivity contribution in [2.24, 2.45) is 11.8 Å². The molecule has 6 nitrogen and oxygen atoms in total. The quantitative estimate of drug-likeness (QED) is 0.798. The van der Waals surface area contributed by atoms with Crippen molar-refractivity contribution in [1.82, 2.24) is 20.4 Å². The van der Waals surface area contributed by atoms with Crippen molar-refractivity contribution in [3.05, 3.63) is 17.0 Å². The zero-order valence-electron chi connectivity index (χ0n) is 16.3. The SMILES string of the molecule is O=C(NCc1n[nH]c2c1CCCCC2)[C@H]1CCCC[C@H]1C(=O)N1CCCC1. The molecule has 148 valence electrons. The minimum absolute atomic E-state index is 0.0395. The molecule has 3 aliphatic rings. The Balaban J connectivity index is 1.39. The maximum atomic E-state index is 12.9. The summed E-state index contributed by atoms with van der Waals surface area (Å²) in [4.78, 5) is 27.8. The molecule has 2 fully saturated rings. The molecule has 1 aromatic rings. The van der Waals surface area contributed by atoms with E-state index in [9.17, 15) is 9.59 Å². The van der Waals surface area contributed by atoms with Crippen LogP contribution in [0.4, 0.5) is 0 Å². The molecule has 0 aromatic carbocycles. The van der Waals surface area contributed by atoms with E-state index in [0.717, 1.165) is 70.2 Å². The van der Waals surface area contributed by atoms with Crippen molar-refractivity contribution in [3.8, 4) is 0 Å². The topological polar surface area (TPSA) is 78.1 Å². The molecular weight excluding hydrogens is 340 g/mol. The number of fused-ring (bicyclic) bond motifs is 1. The smallest absolute Gasteiger partial charge is 0.226 e. The zero-order chi connectivity index (χ0) is 18.6. The highest BCUT2D eigenvalue weighted by molar-refractivity contribution is 5.88. The highest BCUT2D eigenvalue weighted by Crippen LogP contribution is 2.33. The van der Waals surface area contributed by atoms with Crippen LogP contribution in [0.1, 0.15) is 74.7 Å². The van der Waals surface area contributed by atoms with E-state index in [1.54, 1.807) is 0 Å². The molecule has 0 radical (unpaired) electrons. The molecule has 0 spiro atoms. The average Bonchev–Trinajstić information content (AvgIpc) is 3.31. The van der Waals surface area contributed by atoms with Crippen LogP contribution in [0.2, 0.25) is 0 Å². The van der Waals surface area contributed by atoms with Crippen LogP contribution in [0.25, 0.3) is 0 Å². The fourth-order valence-electron chi connectivity index (χ4n) is 5.09. The van der Waals surface area contributed by atoms with Gasteiger partial charge in [0, 0.05) is 30.6 Å². The van der Waals surface area contributed by atoms with Crippen LogP contribution in [-0.2, 0) is 29.0 Å². The molecule has 1 aliphatic heterocycles. The molecule has 6 heteroatoms. The lowest BCUT2D eigenvalue weighted by atomic mass is 9.78. The van der Waals surface area contributed by atoms with Crippen molar-refractivity contribution in [1.29, 1.82) is 0 Å². The van der Waals surface area contributed by atoms with Crippen LogP contribution < -0.4 is 5.32 Å². The molecule has 2 N–H and O–H groups in total. The molecule has 1 saturated heterocycles. The maximum Gasteiger partial charge on any atom is 0.226 e. The first kappa shape index (κ1) is 18.5. The Hall–Kier alpha value is -1.85. The number of H-pyrrole nitrogens is 1. The van der Waals surface area contributed by atoms with E-state index >= 15 is 0 Å². The van der Waals surface area contributed by atoms with Crippen LogP contribution in [0.5, 0.6) is 0 Å². The van der Waals surface area contributed by atoms with Crippen molar-refractivity contribution in [2.75, 3.05) is 13.1 Å². The van der Waals surface area contributed by atoms with Gasteiger partial charge in [0.1, 0.15) is 0 Å². The molecule has 2 heterocycles. The number of carbonyl (C=O) groups excluding carboxylic acids is 2. The predicted octanol–water partition coefficient (Wildman–Crippen LogP) is 2.72. The number of hydrogen-bond donors (Lipinski definition) is 2. The Morgan fingerprint density at radius 2 is 1.70 bits per heavy atom. The largest absolute Gasteiger partial charge is 0.350 e. The van der Waals surface area contributed by atoms with Crippen LogP contribution in [0.15, 0.2) is 0 Å². The summed E-state index contributed by atoms with van der Waals surface area (Å²) in [6.07, 6.45) is 11.8. The van der Waals surface area contributed by atoms with Gasteiger partial charge >= 0.3 is 0 Å². The molecule has 2 atom stereocenters. The van der Waals surface area contributed by atoms with Crippen LogP contribution in [0, 0.1) is 11.8 Å². The van der Waals surface area contributed by atoms with Crippen LogP contribution in [0.3, 0.4) is 0 Å². The number of aromatic nitrogens is 2. The van der Waals surface area contributed by atoms with Crippen LogP contribution in [-0.4, -0.2) is 40.0 Å². The number of aryl methyl sites for hydroxylation is 1. The van der Waals surface area contributed by atoms with Crippen molar-refractivity contribution in [2.45, 2.75) is 77.2 Å². The Morgan fingerprint density at radius 3 is 2.52 bits per heavy atom. The molecular formula is C21H32N4O2. The van der Waals surface area contributed by atoms with Gasteiger partial charge in [0.2, 0.25) is 11.8 Å². The Bertz CT molecular complexity index is 678. The molecule has 0 unspecified atom stereocenters. The van der Waals surface area contributed by atoms with E-state index in [-0.39, 0.29) is 23.7 Å². The second kappa shape index (κ2) is 8.44. The highest BCUT2D eigenvalue weighted by atomic mass is 16.2. The summed E-state index contributed by atoms with van der Waals surface area (Å²) in [6, 6.07) is 0. The lowest BCUT2D eigenvalue weighted by Gasteiger charge is -2.32. The number of carbonyl (C=O) groups is 2. The fraction of sp³-hybridized carbons (Fsp3) is 0.762. The molecule has 4 rings (SSSR count). The van der Waals surface area contributed by atoms with E-state index in [4.69, 9.17) is 0 Å². The van der Waals surface area contributed by atoms with E-state index in [0.29, 0.717) is 6.54 Å². The highest BCUT2D eigenvalue weighted by Gasteiger charge is 2.38. The number of rotatable bonds is 4. The third-order valence-corrected chi connectivity index (χ3v) is 6.66. The number of aromatic amines is 1. The number of amides is 2. The van der Waals surface area contributed by atoms with Gasteiger partial charge in [0.15, 0.2) is 0 Å². The predicted molar refractivity (Wildman–Crippen MR) is 103 cm³/mol. The van der Waals surface area contributed by atoms with Gasteiger partial charge in [-0.2, -0.15) is 5.10 Å². The lowest BCUT2D eigenvalue weighted by Crippen LogP contribution is -2.44. The summed E-state index contributed by atoms with van der Waals surface area (Å²) < 4.78 is 0. The van der Waals surface area contributed by atoms with Crippen molar-refractivity contribution < 1.29 is 9.59 Å². The summed E-state index contributed by atoms with van der Waals surface area (Å²) in [5, 5.41) is 10.7. The monoisotopic (exact) mass is 372 g/mol. The molecule has 2 aliphatic carbocycles. The van der Waals surface area contributed by atoms with Crippen molar-refractivity contribution in [3.63, 3.8) is 0 Å². The van der Waals surface area contributed by atoms with E-state index in [1.165, 1.54) is 30.5 Å². The Kier molecular flexibility index (Phi) is 5.79. The summed E-state index contributed by atoms with van der Waals surface area (Å²) in [5.41, 5.74) is 3.54. The average molecular weight is 373 g/mol. The normalized spacial score (nSPS) is 25.7. The number of nitrogens with zero attached hydrogens (tertiary/aromatic N) is 2. The summed E-state index contributed by atoms with van der Waals surface area (Å²) in [6.45, 7) is 2.21. The van der Waals surface area contributed by atoms with Gasteiger partial charge in [0.05, 0.1) is 12.2 Å². The van der Waals surface area contributed by atoms with Gasteiger partial charge in [0.25, 0.3) is 0 Å². The summed E-state index contributed by atoms with van der Waals surface area (Å²) >= 11 is 0. The molecule has 0 bridgehead atoms. The first-order valence-corrected chi connectivity index (χ1v) is 10.9. The van der Waals surface area contributed by atoms with E-state index in [1.807, 2.05) is 4.90 Å². The minimum Gasteiger partial charge on any atom is -0.350 e. The van der Waals surface area contributed by atoms with Gasteiger partial charge < -0.3 is 10.2 Å². The van der Waals surface area contributed by atoms with E-state index in [2.05, 4.69) is 15.5 Å². The maximum absolute atomic E-state index is 12.9. The third kappa shape index (κ3) is 4.04. The fourth-order valence-corrected chi connectivity index (χ4v) is 5.09. The summed E-state index contributed by atoms with van der Waals surface area (Å²) in [7, 11) is 0. The first-order valence-electron chi connectivity index (χ1n) is 10.9. The van der Waals surface area contributed by atoms with Gasteiger partial charge in [-0.25, -0.2) is 0 Å².